The third kappa shape index (κ3) is 1.96. The van der Waals surface area contributed by atoms with Crippen molar-refractivity contribution < 1.29 is 4.74 Å². The Balaban J connectivity index is 1.80. The summed E-state index contributed by atoms with van der Waals surface area (Å²) in [7, 11) is 0. The number of nitriles is 1. The Bertz CT molecular complexity index is 429. The zero-order valence-corrected chi connectivity index (χ0v) is 9.98. The first-order valence-electron chi connectivity index (χ1n) is 6.41. The SMILES string of the molecule is N#CC1(CC2CCCO2)Cc2ccccc2C1. The summed E-state index contributed by atoms with van der Waals surface area (Å²) < 4.78 is 5.69. The minimum atomic E-state index is -0.210. The molecular weight excluding hydrogens is 210 g/mol. The molecule has 0 bridgehead atoms. The first kappa shape index (κ1) is 10.8. The molecule has 1 aliphatic heterocycles. The lowest BCUT2D eigenvalue weighted by atomic mass is 9.80. The number of hydrogen-bond acceptors (Lipinski definition) is 2. The minimum absolute atomic E-state index is 0.210. The Hall–Kier alpha value is -1.33. The maximum atomic E-state index is 9.54. The second-order valence-electron chi connectivity index (χ2n) is 5.35. The summed E-state index contributed by atoms with van der Waals surface area (Å²) in [6.45, 7) is 0.874. The molecule has 2 aliphatic rings. The van der Waals surface area contributed by atoms with Crippen LogP contribution in [0.15, 0.2) is 24.3 Å². The van der Waals surface area contributed by atoms with Crippen LogP contribution in [0, 0.1) is 16.7 Å². The maximum absolute atomic E-state index is 9.54. The molecule has 1 unspecified atom stereocenters. The Morgan fingerprint density at radius 1 is 1.29 bits per heavy atom. The minimum Gasteiger partial charge on any atom is -0.378 e. The van der Waals surface area contributed by atoms with Crippen LogP contribution in [-0.4, -0.2) is 12.7 Å². The molecule has 1 saturated heterocycles. The molecule has 1 aromatic rings. The number of benzene rings is 1. The van der Waals surface area contributed by atoms with Crippen LogP contribution in [0.3, 0.4) is 0 Å². The highest BCUT2D eigenvalue weighted by molar-refractivity contribution is 5.37. The van der Waals surface area contributed by atoms with Gasteiger partial charge in [0.15, 0.2) is 0 Å². The third-order valence-electron chi connectivity index (χ3n) is 4.06. The normalized spacial score (nSPS) is 25.5. The molecule has 1 heterocycles. The number of nitrogens with zero attached hydrogens (tertiary/aromatic N) is 1. The van der Waals surface area contributed by atoms with E-state index in [9.17, 15) is 5.26 Å². The van der Waals surface area contributed by atoms with Gasteiger partial charge in [0, 0.05) is 6.61 Å². The van der Waals surface area contributed by atoms with E-state index in [0.717, 1.165) is 38.7 Å². The topological polar surface area (TPSA) is 33.0 Å². The Morgan fingerprint density at radius 2 is 2.00 bits per heavy atom. The lowest BCUT2D eigenvalue weighted by molar-refractivity contribution is 0.0784. The van der Waals surface area contributed by atoms with E-state index in [0.29, 0.717) is 6.10 Å². The van der Waals surface area contributed by atoms with Crippen LogP contribution >= 0.6 is 0 Å². The van der Waals surface area contributed by atoms with Crippen molar-refractivity contribution >= 4 is 0 Å². The van der Waals surface area contributed by atoms with Crippen molar-refractivity contribution in [1.82, 2.24) is 0 Å². The van der Waals surface area contributed by atoms with Crippen molar-refractivity contribution in [2.24, 2.45) is 5.41 Å². The maximum Gasteiger partial charge on any atom is 0.0697 e. The van der Waals surface area contributed by atoms with E-state index >= 15 is 0 Å². The molecule has 3 rings (SSSR count). The summed E-state index contributed by atoms with van der Waals surface area (Å²) >= 11 is 0. The lowest BCUT2D eigenvalue weighted by Crippen LogP contribution is -2.25. The van der Waals surface area contributed by atoms with Crippen LogP contribution in [0.1, 0.15) is 30.4 Å². The number of rotatable bonds is 2. The Labute approximate surface area is 102 Å². The zero-order valence-electron chi connectivity index (χ0n) is 9.98. The first-order valence-corrected chi connectivity index (χ1v) is 6.41. The van der Waals surface area contributed by atoms with Gasteiger partial charge in [-0.15, -0.1) is 0 Å². The van der Waals surface area contributed by atoms with Crippen molar-refractivity contribution in [3.05, 3.63) is 35.4 Å². The smallest absolute Gasteiger partial charge is 0.0697 e. The summed E-state index contributed by atoms with van der Waals surface area (Å²) in [4.78, 5) is 0. The van der Waals surface area contributed by atoms with E-state index < -0.39 is 0 Å². The molecule has 0 amide bonds. The summed E-state index contributed by atoms with van der Waals surface area (Å²) in [5.74, 6) is 0. The van der Waals surface area contributed by atoms with Crippen LogP contribution in [0.4, 0.5) is 0 Å². The molecule has 2 heteroatoms. The monoisotopic (exact) mass is 227 g/mol. The molecule has 0 saturated carbocycles. The molecule has 0 aromatic heterocycles. The predicted octanol–water partition coefficient (Wildman–Crippen LogP) is 2.86. The van der Waals surface area contributed by atoms with Gasteiger partial charge in [0.25, 0.3) is 0 Å². The van der Waals surface area contributed by atoms with Crippen LogP contribution in [0.25, 0.3) is 0 Å². The van der Waals surface area contributed by atoms with Gasteiger partial charge in [-0.3, -0.25) is 0 Å². The molecule has 0 radical (unpaired) electrons. The predicted molar refractivity (Wildman–Crippen MR) is 65.5 cm³/mol. The molecule has 2 nitrogen and oxygen atoms in total. The molecule has 1 aliphatic carbocycles. The first-order chi connectivity index (χ1) is 8.31. The highest BCUT2D eigenvalue weighted by Gasteiger charge is 2.40. The van der Waals surface area contributed by atoms with Crippen molar-refractivity contribution in [3.8, 4) is 6.07 Å². The quantitative estimate of drug-likeness (QED) is 0.778. The fourth-order valence-corrected chi connectivity index (χ4v) is 3.20. The molecule has 17 heavy (non-hydrogen) atoms. The molecule has 1 atom stereocenters. The van der Waals surface area contributed by atoms with Crippen molar-refractivity contribution in [1.29, 1.82) is 5.26 Å². The van der Waals surface area contributed by atoms with Gasteiger partial charge in [-0.05, 0) is 43.2 Å². The largest absolute Gasteiger partial charge is 0.378 e. The van der Waals surface area contributed by atoms with Gasteiger partial charge < -0.3 is 4.74 Å². The summed E-state index contributed by atoms with van der Waals surface area (Å²) in [5.41, 5.74) is 2.50. The van der Waals surface area contributed by atoms with E-state index in [2.05, 4.69) is 30.3 Å². The number of ether oxygens (including phenoxy) is 1. The van der Waals surface area contributed by atoms with Gasteiger partial charge in [0.1, 0.15) is 0 Å². The number of hydrogen-bond donors (Lipinski definition) is 0. The fourth-order valence-electron chi connectivity index (χ4n) is 3.20. The summed E-state index contributed by atoms with van der Waals surface area (Å²) in [6, 6.07) is 11.0. The van der Waals surface area contributed by atoms with Crippen LogP contribution in [-0.2, 0) is 17.6 Å². The molecule has 88 valence electrons. The molecule has 1 aromatic carbocycles. The van der Waals surface area contributed by atoms with Gasteiger partial charge in [-0.2, -0.15) is 5.26 Å². The molecule has 0 spiro atoms. The second kappa shape index (κ2) is 4.16. The van der Waals surface area contributed by atoms with Gasteiger partial charge in [0.2, 0.25) is 0 Å². The lowest BCUT2D eigenvalue weighted by Gasteiger charge is -2.23. The van der Waals surface area contributed by atoms with Crippen molar-refractivity contribution in [2.75, 3.05) is 6.61 Å². The Kier molecular flexibility index (Phi) is 2.64. The van der Waals surface area contributed by atoms with E-state index in [4.69, 9.17) is 4.74 Å². The highest BCUT2D eigenvalue weighted by Crippen LogP contribution is 2.41. The van der Waals surface area contributed by atoms with Crippen molar-refractivity contribution in [3.63, 3.8) is 0 Å². The zero-order chi connectivity index (χ0) is 11.7. The molecule has 1 fully saturated rings. The standard InChI is InChI=1S/C15H17NO/c16-11-15(10-14-6-3-7-17-14)8-12-4-1-2-5-13(12)9-15/h1-2,4-5,14H,3,6-10H2. The third-order valence-corrected chi connectivity index (χ3v) is 4.06. The highest BCUT2D eigenvalue weighted by atomic mass is 16.5. The van der Waals surface area contributed by atoms with Gasteiger partial charge in [-0.25, -0.2) is 0 Å². The summed E-state index contributed by atoms with van der Waals surface area (Å²) in [6.07, 6.45) is 5.29. The molecule has 0 N–H and O–H groups in total. The van der Waals surface area contributed by atoms with Crippen molar-refractivity contribution in [2.45, 2.75) is 38.2 Å². The van der Waals surface area contributed by atoms with E-state index in [1.165, 1.54) is 11.1 Å². The fraction of sp³-hybridized carbons (Fsp3) is 0.533. The van der Waals surface area contributed by atoms with E-state index in [-0.39, 0.29) is 5.41 Å². The van der Waals surface area contributed by atoms with Gasteiger partial charge >= 0.3 is 0 Å². The second-order valence-corrected chi connectivity index (χ2v) is 5.35. The van der Waals surface area contributed by atoms with Gasteiger partial charge in [-0.1, -0.05) is 24.3 Å². The van der Waals surface area contributed by atoms with Crippen LogP contribution in [0.2, 0.25) is 0 Å². The average Bonchev–Trinajstić information content (AvgIpc) is 2.96. The Morgan fingerprint density at radius 3 is 2.53 bits per heavy atom. The van der Waals surface area contributed by atoms with E-state index in [1.807, 2.05) is 0 Å². The average molecular weight is 227 g/mol. The van der Waals surface area contributed by atoms with Crippen LogP contribution in [0.5, 0.6) is 0 Å². The van der Waals surface area contributed by atoms with Gasteiger partial charge in [0.05, 0.1) is 17.6 Å². The van der Waals surface area contributed by atoms with E-state index in [1.54, 1.807) is 0 Å². The number of fused-ring (bicyclic) bond motifs is 1. The van der Waals surface area contributed by atoms with Crippen LogP contribution < -0.4 is 0 Å². The molecular formula is C15H17NO. The summed E-state index contributed by atoms with van der Waals surface area (Å²) in [5, 5.41) is 9.54.